The van der Waals surface area contributed by atoms with Gasteiger partial charge in [0.15, 0.2) is 18.1 Å². The lowest BCUT2D eigenvalue weighted by Crippen LogP contribution is -2.24. The maximum Gasteiger partial charge on any atom is 0.262 e. The standard InChI is InChI=1S/C22H27N3O3/c1-2-27-21-15-18(16-23-25-13-7-4-8-14-25)11-12-20(21)28-17-22(26)24-19-9-5-3-6-10-19/h3,5-6,9-12,15-16H,2,4,7-8,13-14,17H2,1H3,(H,24,26)/b23-16-. The molecule has 148 valence electrons. The first kappa shape index (κ1) is 19.7. The molecular weight excluding hydrogens is 354 g/mol. The van der Waals surface area contributed by atoms with Crippen molar-refractivity contribution in [3.8, 4) is 11.5 Å². The summed E-state index contributed by atoms with van der Waals surface area (Å²) in [5.41, 5.74) is 1.68. The van der Waals surface area contributed by atoms with Gasteiger partial charge >= 0.3 is 0 Å². The normalized spacial score (nSPS) is 14.1. The van der Waals surface area contributed by atoms with E-state index in [1.165, 1.54) is 19.3 Å². The minimum Gasteiger partial charge on any atom is -0.490 e. The molecule has 1 aliphatic heterocycles. The molecule has 0 spiro atoms. The number of carbonyl (C=O) groups is 1. The second kappa shape index (κ2) is 10.3. The molecule has 0 radical (unpaired) electrons. The van der Waals surface area contributed by atoms with Crippen molar-refractivity contribution in [2.45, 2.75) is 26.2 Å². The lowest BCUT2D eigenvalue weighted by molar-refractivity contribution is -0.118. The van der Waals surface area contributed by atoms with Gasteiger partial charge in [-0.15, -0.1) is 0 Å². The highest BCUT2D eigenvalue weighted by Crippen LogP contribution is 2.28. The smallest absolute Gasteiger partial charge is 0.262 e. The Bertz CT molecular complexity index is 787. The number of nitrogens with zero attached hydrogens (tertiary/aromatic N) is 2. The van der Waals surface area contributed by atoms with Crippen molar-refractivity contribution in [3.63, 3.8) is 0 Å². The summed E-state index contributed by atoms with van der Waals surface area (Å²) in [5, 5.41) is 9.45. The molecule has 0 saturated carbocycles. The lowest BCUT2D eigenvalue weighted by atomic mass is 10.2. The van der Waals surface area contributed by atoms with Crippen LogP contribution in [0.1, 0.15) is 31.7 Å². The monoisotopic (exact) mass is 381 g/mol. The second-order valence-corrected chi connectivity index (χ2v) is 6.60. The maximum atomic E-state index is 12.1. The fourth-order valence-corrected chi connectivity index (χ4v) is 3.00. The number of anilines is 1. The van der Waals surface area contributed by atoms with Gasteiger partial charge in [0.2, 0.25) is 0 Å². The first-order valence-corrected chi connectivity index (χ1v) is 9.78. The van der Waals surface area contributed by atoms with Crippen molar-refractivity contribution in [2.24, 2.45) is 5.10 Å². The van der Waals surface area contributed by atoms with E-state index >= 15 is 0 Å². The van der Waals surface area contributed by atoms with Gasteiger partial charge in [-0.3, -0.25) is 9.80 Å². The summed E-state index contributed by atoms with van der Waals surface area (Å²) >= 11 is 0. The molecule has 1 amide bonds. The molecule has 1 fully saturated rings. The Morgan fingerprint density at radius 2 is 1.86 bits per heavy atom. The minimum absolute atomic E-state index is 0.0871. The molecule has 0 aromatic heterocycles. The number of benzene rings is 2. The van der Waals surface area contributed by atoms with Crippen LogP contribution < -0.4 is 14.8 Å². The minimum atomic E-state index is -0.218. The van der Waals surface area contributed by atoms with Crippen LogP contribution in [0.4, 0.5) is 5.69 Å². The number of hydrogen-bond acceptors (Lipinski definition) is 5. The first-order chi connectivity index (χ1) is 13.7. The van der Waals surface area contributed by atoms with Crippen LogP contribution in [-0.4, -0.2) is 43.4 Å². The number of ether oxygens (including phenoxy) is 2. The maximum absolute atomic E-state index is 12.1. The highest BCUT2D eigenvalue weighted by Gasteiger charge is 2.10. The number of carbonyl (C=O) groups excluding carboxylic acids is 1. The number of hydrogen-bond donors (Lipinski definition) is 1. The molecule has 1 saturated heterocycles. The summed E-state index contributed by atoms with van der Waals surface area (Å²) in [6, 6.07) is 14.9. The molecule has 0 bridgehead atoms. The van der Waals surface area contributed by atoms with Crippen molar-refractivity contribution in [2.75, 3.05) is 31.6 Å². The SMILES string of the molecule is CCOc1cc(/C=N\N2CCCCC2)ccc1OCC(=O)Nc1ccccc1. The van der Waals surface area contributed by atoms with Crippen molar-refractivity contribution in [1.82, 2.24) is 5.01 Å². The Balaban J connectivity index is 1.60. The van der Waals surface area contributed by atoms with Crippen molar-refractivity contribution in [1.29, 1.82) is 0 Å². The molecule has 1 N–H and O–H groups in total. The zero-order valence-corrected chi connectivity index (χ0v) is 16.3. The number of piperidine rings is 1. The molecule has 28 heavy (non-hydrogen) atoms. The van der Waals surface area contributed by atoms with Gasteiger partial charge in [-0.2, -0.15) is 5.10 Å². The quantitative estimate of drug-likeness (QED) is 0.704. The third kappa shape index (κ3) is 6.01. The first-order valence-electron chi connectivity index (χ1n) is 9.78. The molecule has 1 aliphatic rings. The van der Waals surface area contributed by atoms with Crippen LogP contribution in [0.3, 0.4) is 0 Å². The number of para-hydroxylation sites is 1. The van der Waals surface area contributed by atoms with Crippen LogP contribution in [0.25, 0.3) is 0 Å². The molecule has 6 heteroatoms. The highest BCUT2D eigenvalue weighted by atomic mass is 16.5. The van der Waals surface area contributed by atoms with E-state index in [2.05, 4.69) is 15.4 Å². The number of rotatable bonds is 8. The predicted octanol–water partition coefficient (Wildman–Crippen LogP) is 3.92. The van der Waals surface area contributed by atoms with Gasteiger partial charge in [0.1, 0.15) is 0 Å². The summed E-state index contributed by atoms with van der Waals surface area (Å²) in [7, 11) is 0. The van der Waals surface area contributed by atoms with Crippen molar-refractivity contribution < 1.29 is 14.3 Å². The van der Waals surface area contributed by atoms with Crippen LogP contribution in [0.5, 0.6) is 11.5 Å². The predicted molar refractivity (Wildman–Crippen MR) is 111 cm³/mol. The Morgan fingerprint density at radius 3 is 2.61 bits per heavy atom. The lowest BCUT2D eigenvalue weighted by Gasteiger charge is -2.23. The zero-order chi connectivity index (χ0) is 19.6. The molecule has 2 aromatic carbocycles. The van der Waals surface area contributed by atoms with Crippen LogP contribution in [0.15, 0.2) is 53.6 Å². The van der Waals surface area contributed by atoms with E-state index < -0.39 is 0 Å². The van der Waals surface area contributed by atoms with Crippen molar-refractivity contribution >= 4 is 17.8 Å². The fraction of sp³-hybridized carbons (Fsp3) is 0.364. The Labute approximate surface area is 166 Å². The molecule has 1 heterocycles. The third-order valence-corrected chi connectivity index (χ3v) is 4.39. The topological polar surface area (TPSA) is 63.2 Å². The molecule has 3 rings (SSSR count). The molecule has 0 atom stereocenters. The Hall–Kier alpha value is -3.02. The van der Waals surface area contributed by atoms with E-state index in [1.54, 1.807) is 0 Å². The fourth-order valence-electron chi connectivity index (χ4n) is 3.00. The Morgan fingerprint density at radius 1 is 1.07 bits per heavy atom. The average Bonchev–Trinajstić information content (AvgIpc) is 2.73. The summed E-state index contributed by atoms with van der Waals surface area (Å²) < 4.78 is 11.4. The van der Waals surface area contributed by atoms with Crippen LogP contribution in [0, 0.1) is 0 Å². The van der Waals surface area contributed by atoms with Gasteiger partial charge in [-0.05, 0) is 62.1 Å². The largest absolute Gasteiger partial charge is 0.490 e. The molecule has 0 aliphatic carbocycles. The summed E-state index contributed by atoms with van der Waals surface area (Å²) in [5.74, 6) is 0.933. The van der Waals surface area contributed by atoms with Crippen molar-refractivity contribution in [3.05, 3.63) is 54.1 Å². The van der Waals surface area contributed by atoms with E-state index in [0.717, 1.165) is 24.3 Å². The number of hydrazone groups is 1. The average molecular weight is 381 g/mol. The summed E-state index contributed by atoms with van der Waals surface area (Å²) in [4.78, 5) is 12.1. The van der Waals surface area contributed by atoms with E-state index in [9.17, 15) is 4.79 Å². The van der Waals surface area contributed by atoms with Crippen LogP contribution >= 0.6 is 0 Å². The highest BCUT2D eigenvalue weighted by molar-refractivity contribution is 5.91. The second-order valence-electron chi connectivity index (χ2n) is 6.60. The van der Waals surface area contributed by atoms with Gasteiger partial charge in [0.25, 0.3) is 5.91 Å². The summed E-state index contributed by atoms with van der Waals surface area (Å²) in [6.45, 7) is 4.36. The number of amides is 1. The van der Waals surface area contributed by atoms with Gasteiger partial charge in [0.05, 0.1) is 12.8 Å². The Kier molecular flexibility index (Phi) is 7.29. The molecule has 2 aromatic rings. The molecule has 0 unspecified atom stereocenters. The molecule has 6 nitrogen and oxygen atoms in total. The summed E-state index contributed by atoms with van der Waals surface area (Å²) in [6.07, 6.45) is 5.52. The van der Waals surface area contributed by atoms with Gasteiger partial charge in [-0.1, -0.05) is 18.2 Å². The van der Waals surface area contributed by atoms with E-state index in [0.29, 0.717) is 18.1 Å². The van der Waals surface area contributed by atoms with E-state index in [-0.39, 0.29) is 12.5 Å². The zero-order valence-electron chi connectivity index (χ0n) is 16.3. The van der Waals surface area contributed by atoms with E-state index in [4.69, 9.17) is 9.47 Å². The van der Waals surface area contributed by atoms with Gasteiger partial charge < -0.3 is 14.8 Å². The van der Waals surface area contributed by atoms with Gasteiger partial charge in [0, 0.05) is 18.8 Å². The molecular formula is C22H27N3O3. The number of nitrogens with one attached hydrogen (secondary N) is 1. The van der Waals surface area contributed by atoms with Gasteiger partial charge in [-0.25, -0.2) is 0 Å². The van der Waals surface area contributed by atoms with E-state index in [1.807, 2.05) is 61.7 Å². The third-order valence-electron chi connectivity index (χ3n) is 4.39. The van der Waals surface area contributed by atoms with Crippen LogP contribution in [-0.2, 0) is 4.79 Å². The van der Waals surface area contributed by atoms with Crippen LogP contribution in [0.2, 0.25) is 0 Å².